The summed E-state index contributed by atoms with van der Waals surface area (Å²) in [5, 5.41) is 10.7. The normalized spacial score (nSPS) is 11.6. The zero-order valence-electron chi connectivity index (χ0n) is 8.00. The number of thiophene rings is 1. The first-order chi connectivity index (χ1) is 7.11. The lowest BCUT2D eigenvalue weighted by atomic mass is 10.4. The van der Waals surface area contributed by atoms with Crippen LogP contribution in [0.2, 0.25) is 0 Å². The predicted molar refractivity (Wildman–Crippen MR) is 60.4 cm³/mol. The minimum absolute atomic E-state index is 0.0980. The molecule has 1 heterocycles. The Morgan fingerprint density at radius 2 is 2.27 bits per heavy atom. The summed E-state index contributed by atoms with van der Waals surface area (Å²) < 4.78 is 25.3. The summed E-state index contributed by atoms with van der Waals surface area (Å²) in [6, 6.07) is 1.90. The number of halogens is 3. The molecule has 2 nitrogen and oxygen atoms in total. The van der Waals surface area contributed by atoms with Gasteiger partial charge in [0.2, 0.25) is 0 Å². The highest BCUT2D eigenvalue weighted by atomic mass is 79.9. The predicted octanol–water partition coefficient (Wildman–Crippen LogP) is 2.57. The average Bonchev–Trinajstić information content (AvgIpc) is 2.50. The van der Waals surface area contributed by atoms with E-state index in [-0.39, 0.29) is 19.7 Å². The van der Waals surface area contributed by atoms with Gasteiger partial charge in [-0.05, 0) is 22.0 Å². The zero-order valence-corrected chi connectivity index (χ0v) is 10.4. The standard InChI is InChI=1S/C9H12BrF2NOS/c10-7-3-8(15-6-7)4-13(1-2-14)5-9(11)12/h3,6,9,14H,1-2,4-5H2. The Morgan fingerprint density at radius 1 is 1.53 bits per heavy atom. The number of hydrogen-bond donors (Lipinski definition) is 1. The van der Waals surface area contributed by atoms with E-state index in [0.29, 0.717) is 6.54 Å². The average molecular weight is 300 g/mol. The lowest BCUT2D eigenvalue weighted by Crippen LogP contribution is -2.30. The molecular formula is C9H12BrF2NOS. The molecule has 0 saturated heterocycles. The van der Waals surface area contributed by atoms with Gasteiger partial charge in [-0.1, -0.05) is 0 Å². The van der Waals surface area contributed by atoms with Gasteiger partial charge in [0.05, 0.1) is 13.2 Å². The van der Waals surface area contributed by atoms with E-state index in [1.54, 1.807) is 4.90 Å². The second kappa shape index (κ2) is 6.52. The van der Waals surface area contributed by atoms with E-state index in [4.69, 9.17) is 5.11 Å². The van der Waals surface area contributed by atoms with Crippen LogP contribution in [-0.2, 0) is 6.54 Å². The van der Waals surface area contributed by atoms with Crippen LogP contribution in [0.4, 0.5) is 8.78 Å². The molecule has 1 aromatic heterocycles. The van der Waals surface area contributed by atoms with Crippen LogP contribution in [0.5, 0.6) is 0 Å². The van der Waals surface area contributed by atoms with Crippen molar-refractivity contribution in [3.8, 4) is 0 Å². The summed E-state index contributed by atoms with van der Waals surface area (Å²) in [5.41, 5.74) is 0. The maximum absolute atomic E-state index is 12.2. The van der Waals surface area contributed by atoms with E-state index < -0.39 is 6.43 Å². The SMILES string of the molecule is OCCN(Cc1cc(Br)cs1)CC(F)F. The van der Waals surface area contributed by atoms with Crippen molar-refractivity contribution < 1.29 is 13.9 Å². The zero-order chi connectivity index (χ0) is 11.3. The molecule has 0 aliphatic heterocycles. The maximum atomic E-state index is 12.2. The summed E-state index contributed by atoms with van der Waals surface area (Å²) in [7, 11) is 0. The van der Waals surface area contributed by atoms with Gasteiger partial charge in [0.25, 0.3) is 6.43 Å². The lowest BCUT2D eigenvalue weighted by Gasteiger charge is -2.19. The fourth-order valence-corrected chi connectivity index (χ4v) is 2.72. The summed E-state index contributed by atoms with van der Waals surface area (Å²) in [6.45, 7) is 0.344. The molecule has 1 rings (SSSR count). The van der Waals surface area contributed by atoms with Crippen LogP contribution in [0.1, 0.15) is 4.88 Å². The monoisotopic (exact) mass is 299 g/mol. The molecule has 1 aromatic rings. The van der Waals surface area contributed by atoms with Gasteiger partial charge in [-0.15, -0.1) is 11.3 Å². The van der Waals surface area contributed by atoms with E-state index in [1.807, 2.05) is 11.4 Å². The van der Waals surface area contributed by atoms with Gasteiger partial charge in [0, 0.05) is 27.8 Å². The van der Waals surface area contributed by atoms with Crippen molar-refractivity contribution in [2.75, 3.05) is 19.7 Å². The van der Waals surface area contributed by atoms with Crippen LogP contribution in [0.15, 0.2) is 15.9 Å². The Kier molecular flexibility index (Phi) is 5.66. The fourth-order valence-electron chi connectivity index (χ4n) is 1.23. The number of nitrogens with zero attached hydrogens (tertiary/aromatic N) is 1. The summed E-state index contributed by atoms with van der Waals surface area (Å²) in [6.07, 6.45) is -2.36. The summed E-state index contributed by atoms with van der Waals surface area (Å²) in [5.74, 6) is 0. The van der Waals surface area contributed by atoms with Crippen molar-refractivity contribution in [3.63, 3.8) is 0 Å². The maximum Gasteiger partial charge on any atom is 0.251 e. The number of rotatable bonds is 6. The second-order valence-electron chi connectivity index (χ2n) is 3.08. The molecule has 0 saturated carbocycles. The van der Waals surface area contributed by atoms with Gasteiger partial charge >= 0.3 is 0 Å². The van der Waals surface area contributed by atoms with E-state index in [1.165, 1.54) is 11.3 Å². The Morgan fingerprint density at radius 3 is 2.73 bits per heavy atom. The van der Waals surface area contributed by atoms with Gasteiger partial charge in [-0.2, -0.15) is 0 Å². The quantitative estimate of drug-likeness (QED) is 0.873. The molecule has 0 atom stereocenters. The van der Waals surface area contributed by atoms with Gasteiger partial charge in [-0.25, -0.2) is 8.78 Å². The molecule has 0 spiro atoms. The van der Waals surface area contributed by atoms with E-state index in [0.717, 1.165) is 9.35 Å². The third kappa shape index (κ3) is 5.01. The molecule has 0 aromatic carbocycles. The van der Waals surface area contributed by atoms with Crippen LogP contribution >= 0.6 is 27.3 Å². The molecule has 0 aliphatic rings. The Balaban J connectivity index is 2.50. The smallest absolute Gasteiger partial charge is 0.251 e. The number of aliphatic hydroxyl groups is 1. The molecule has 0 unspecified atom stereocenters. The fraction of sp³-hybridized carbons (Fsp3) is 0.556. The molecule has 6 heteroatoms. The van der Waals surface area contributed by atoms with Crippen molar-refractivity contribution in [3.05, 3.63) is 20.8 Å². The third-order valence-corrected chi connectivity index (χ3v) is 3.50. The van der Waals surface area contributed by atoms with Crippen LogP contribution in [0.3, 0.4) is 0 Å². The van der Waals surface area contributed by atoms with E-state index in [9.17, 15) is 8.78 Å². The highest BCUT2D eigenvalue weighted by molar-refractivity contribution is 9.10. The highest BCUT2D eigenvalue weighted by Gasteiger charge is 2.12. The van der Waals surface area contributed by atoms with E-state index >= 15 is 0 Å². The summed E-state index contributed by atoms with van der Waals surface area (Å²) >= 11 is 4.82. The molecule has 0 aliphatic carbocycles. The first kappa shape index (κ1) is 13.0. The molecule has 0 radical (unpaired) electrons. The first-order valence-electron chi connectivity index (χ1n) is 4.46. The molecule has 1 N–H and O–H groups in total. The number of alkyl halides is 2. The van der Waals surface area contributed by atoms with Crippen LogP contribution in [-0.4, -0.2) is 36.1 Å². The molecule has 0 amide bonds. The molecule has 15 heavy (non-hydrogen) atoms. The number of hydrogen-bond acceptors (Lipinski definition) is 3. The van der Waals surface area contributed by atoms with Crippen molar-refractivity contribution in [2.45, 2.75) is 13.0 Å². The van der Waals surface area contributed by atoms with Gasteiger partial charge in [-0.3, -0.25) is 4.90 Å². The van der Waals surface area contributed by atoms with Crippen molar-refractivity contribution in [1.29, 1.82) is 0 Å². The second-order valence-corrected chi connectivity index (χ2v) is 4.99. The topological polar surface area (TPSA) is 23.5 Å². The molecule has 86 valence electrons. The van der Waals surface area contributed by atoms with Crippen LogP contribution in [0, 0.1) is 0 Å². The van der Waals surface area contributed by atoms with Gasteiger partial charge < -0.3 is 5.11 Å². The third-order valence-electron chi connectivity index (χ3n) is 1.81. The van der Waals surface area contributed by atoms with Crippen molar-refractivity contribution in [2.24, 2.45) is 0 Å². The Hall–Kier alpha value is -0.0400. The van der Waals surface area contributed by atoms with Crippen LogP contribution < -0.4 is 0 Å². The minimum Gasteiger partial charge on any atom is -0.395 e. The molecular weight excluding hydrogens is 288 g/mol. The molecule has 0 bridgehead atoms. The first-order valence-corrected chi connectivity index (χ1v) is 6.13. The van der Waals surface area contributed by atoms with Gasteiger partial charge in [0.15, 0.2) is 0 Å². The van der Waals surface area contributed by atoms with Gasteiger partial charge in [0.1, 0.15) is 0 Å². The van der Waals surface area contributed by atoms with E-state index in [2.05, 4.69) is 15.9 Å². The van der Waals surface area contributed by atoms with Crippen molar-refractivity contribution >= 4 is 27.3 Å². The molecule has 0 fully saturated rings. The lowest BCUT2D eigenvalue weighted by molar-refractivity contribution is 0.0751. The Labute approximate surface area is 99.6 Å². The van der Waals surface area contributed by atoms with Crippen LogP contribution in [0.25, 0.3) is 0 Å². The minimum atomic E-state index is -2.36. The number of aliphatic hydroxyl groups excluding tert-OH is 1. The van der Waals surface area contributed by atoms with Crippen molar-refractivity contribution in [1.82, 2.24) is 4.90 Å². The highest BCUT2D eigenvalue weighted by Crippen LogP contribution is 2.21. The summed E-state index contributed by atoms with van der Waals surface area (Å²) in [4.78, 5) is 2.55. The largest absolute Gasteiger partial charge is 0.395 e. The Bertz CT molecular complexity index is 295.